The van der Waals surface area contributed by atoms with Crippen molar-refractivity contribution in [3.05, 3.63) is 29.0 Å². The first-order chi connectivity index (χ1) is 12.0. The molecule has 1 saturated heterocycles. The minimum atomic E-state index is -0.853. The lowest BCUT2D eigenvalue weighted by atomic mass is 9.94. The predicted octanol–water partition coefficient (Wildman–Crippen LogP) is 2.61. The molecule has 2 aliphatic rings. The summed E-state index contributed by atoms with van der Waals surface area (Å²) in [6.45, 7) is 0.591. The van der Waals surface area contributed by atoms with Crippen LogP contribution in [0.5, 0.6) is 0 Å². The second kappa shape index (κ2) is 7.68. The molecule has 1 unspecified atom stereocenters. The SMILES string of the molecule is O=C(NCC1COC2(CCCCC2)O1)C(=O)Nc1ccc(F)c(Cl)c1. The molecule has 1 aliphatic heterocycles. The maximum Gasteiger partial charge on any atom is 0.313 e. The minimum Gasteiger partial charge on any atom is -0.347 e. The molecule has 1 aromatic rings. The third-order valence-electron chi connectivity index (χ3n) is 4.40. The van der Waals surface area contributed by atoms with Gasteiger partial charge in [0.05, 0.1) is 11.6 Å². The summed E-state index contributed by atoms with van der Waals surface area (Å²) in [6.07, 6.45) is 4.79. The summed E-state index contributed by atoms with van der Waals surface area (Å²) < 4.78 is 24.8. The van der Waals surface area contributed by atoms with Crippen LogP contribution in [0.1, 0.15) is 32.1 Å². The molecule has 1 spiro atoms. The van der Waals surface area contributed by atoms with Gasteiger partial charge in [-0.3, -0.25) is 9.59 Å². The van der Waals surface area contributed by atoms with Crippen LogP contribution >= 0.6 is 11.6 Å². The zero-order valence-electron chi connectivity index (χ0n) is 13.6. The topological polar surface area (TPSA) is 76.7 Å². The molecule has 3 rings (SSSR count). The first-order valence-corrected chi connectivity index (χ1v) is 8.71. The number of amides is 2. The van der Waals surface area contributed by atoms with Crippen LogP contribution in [0.25, 0.3) is 0 Å². The Kier molecular flexibility index (Phi) is 5.56. The van der Waals surface area contributed by atoms with Crippen LogP contribution in [0.4, 0.5) is 10.1 Å². The molecular weight excluding hydrogens is 351 g/mol. The normalized spacial score (nSPS) is 21.9. The number of anilines is 1. The standard InChI is InChI=1S/C17H20ClFN2O4/c18-13-8-11(4-5-14(13)19)21-16(23)15(22)20-9-12-10-24-17(25-12)6-2-1-3-7-17/h4-5,8,12H,1-3,6-7,9-10H2,(H,20,22)(H,21,23). The fourth-order valence-electron chi connectivity index (χ4n) is 3.12. The van der Waals surface area contributed by atoms with Crippen molar-refractivity contribution in [3.63, 3.8) is 0 Å². The number of carbonyl (C=O) groups excluding carboxylic acids is 2. The second-order valence-corrected chi connectivity index (χ2v) is 6.72. The van der Waals surface area contributed by atoms with Gasteiger partial charge in [0.15, 0.2) is 5.79 Å². The fourth-order valence-corrected chi connectivity index (χ4v) is 3.30. The van der Waals surface area contributed by atoms with Gasteiger partial charge < -0.3 is 20.1 Å². The summed E-state index contributed by atoms with van der Waals surface area (Å²) in [7, 11) is 0. The van der Waals surface area contributed by atoms with Crippen molar-refractivity contribution in [1.82, 2.24) is 5.32 Å². The van der Waals surface area contributed by atoms with Gasteiger partial charge in [0.2, 0.25) is 0 Å². The van der Waals surface area contributed by atoms with Crippen LogP contribution < -0.4 is 10.6 Å². The number of nitrogens with one attached hydrogen (secondary N) is 2. The van der Waals surface area contributed by atoms with E-state index in [9.17, 15) is 14.0 Å². The van der Waals surface area contributed by atoms with E-state index in [1.165, 1.54) is 18.6 Å². The van der Waals surface area contributed by atoms with Crippen LogP contribution in [0.15, 0.2) is 18.2 Å². The molecule has 25 heavy (non-hydrogen) atoms. The summed E-state index contributed by atoms with van der Waals surface area (Å²) in [4.78, 5) is 23.8. The van der Waals surface area contributed by atoms with E-state index >= 15 is 0 Å². The summed E-state index contributed by atoms with van der Waals surface area (Å²) in [5.41, 5.74) is 0.244. The van der Waals surface area contributed by atoms with Gasteiger partial charge in [-0.2, -0.15) is 0 Å². The van der Waals surface area contributed by atoms with Crippen LogP contribution in [0.3, 0.4) is 0 Å². The molecule has 6 nitrogen and oxygen atoms in total. The maximum atomic E-state index is 13.1. The van der Waals surface area contributed by atoms with Crippen molar-refractivity contribution in [3.8, 4) is 0 Å². The highest BCUT2D eigenvalue weighted by atomic mass is 35.5. The lowest BCUT2D eigenvalue weighted by molar-refractivity contribution is -0.186. The number of hydrogen-bond acceptors (Lipinski definition) is 4. The molecule has 2 N–H and O–H groups in total. The highest BCUT2D eigenvalue weighted by molar-refractivity contribution is 6.39. The molecule has 1 aromatic carbocycles. The van der Waals surface area contributed by atoms with E-state index in [2.05, 4.69) is 10.6 Å². The predicted molar refractivity (Wildman–Crippen MR) is 89.7 cm³/mol. The third kappa shape index (κ3) is 4.48. The average Bonchev–Trinajstić information content (AvgIpc) is 2.99. The Morgan fingerprint density at radius 1 is 1.24 bits per heavy atom. The Morgan fingerprint density at radius 2 is 2.00 bits per heavy atom. The van der Waals surface area contributed by atoms with Crippen molar-refractivity contribution in [2.75, 3.05) is 18.5 Å². The number of ether oxygens (including phenoxy) is 2. The van der Waals surface area contributed by atoms with Crippen molar-refractivity contribution < 1.29 is 23.5 Å². The molecule has 2 fully saturated rings. The second-order valence-electron chi connectivity index (χ2n) is 6.32. The molecular formula is C17H20ClFN2O4. The molecule has 1 atom stereocenters. The monoisotopic (exact) mass is 370 g/mol. The first kappa shape index (κ1) is 18.1. The van der Waals surface area contributed by atoms with E-state index in [1.807, 2.05) is 0 Å². The average molecular weight is 371 g/mol. The Labute approximate surface area is 150 Å². The van der Waals surface area contributed by atoms with Gasteiger partial charge in [0, 0.05) is 25.1 Å². The summed E-state index contributed by atoms with van der Waals surface area (Å²) in [6, 6.07) is 3.68. The Balaban J connectivity index is 1.46. The molecule has 0 radical (unpaired) electrons. The molecule has 2 amide bonds. The van der Waals surface area contributed by atoms with E-state index in [0.717, 1.165) is 31.7 Å². The van der Waals surface area contributed by atoms with Crippen LogP contribution in [-0.4, -0.2) is 36.9 Å². The van der Waals surface area contributed by atoms with Crippen molar-refractivity contribution in [1.29, 1.82) is 0 Å². The molecule has 8 heteroatoms. The van der Waals surface area contributed by atoms with E-state index in [1.54, 1.807) is 0 Å². The third-order valence-corrected chi connectivity index (χ3v) is 4.69. The molecule has 1 aliphatic carbocycles. The number of hydrogen-bond donors (Lipinski definition) is 2. The zero-order chi connectivity index (χ0) is 17.9. The van der Waals surface area contributed by atoms with Gasteiger partial charge in [0.25, 0.3) is 0 Å². The van der Waals surface area contributed by atoms with Crippen molar-refractivity contribution in [2.45, 2.75) is 44.0 Å². The van der Waals surface area contributed by atoms with Crippen molar-refractivity contribution >= 4 is 29.1 Å². The van der Waals surface area contributed by atoms with Crippen LogP contribution in [0.2, 0.25) is 5.02 Å². The van der Waals surface area contributed by atoms with Crippen molar-refractivity contribution in [2.24, 2.45) is 0 Å². The van der Waals surface area contributed by atoms with Gasteiger partial charge >= 0.3 is 11.8 Å². The maximum absolute atomic E-state index is 13.1. The van der Waals surface area contributed by atoms with E-state index in [-0.39, 0.29) is 23.4 Å². The quantitative estimate of drug-likeness (QED) is 0.802. The molecule has 1 heterocycles. The number of halogens is 2. The van der Waals surface area contributed by atoms with E-state index < -0.39 is 23.4 Å². The van der Waals surface area contributed by atoms with Gasteiger partial charge in [0.1, 0.15) is 11.9 Å². The lowest BCUT2D eigenvalue weighted by Gasteiger charge is -2.31. The molecule has 0 bridgehead atoms. The van der Waals surface area contributed by atoms with Crippen LogP contribution in [-0.2, 0) is 19.1 Å². The minimum absolute atomic E-state index is 0.132. The fraction of sp³-hybridized carbons (Fsp3) is 0.529. The number of carbonyl (C=O) groups is 2. The molecule has 0 aromatic heterocycles. The van der Waals surface area contributed by atoms with Crippen LogP contribution in [0, 0.1) is 5.82 Å². The molecule has 136 valence electrons. The summed E-state index contributed by atoms with van der Waals surface area (Å²) in [5, 5.41) is 4.77. The number of rotatable bonds is 3. The van der Waals surface area contributed by atoms with Gasteiger partial charge in [-0.25, -0.2) is 4.39 Å². The summed E-state index contributed by atoms with van der Waals surface area (Å²) in [5.74, 6) is -2.76. The Morgan fingerprint density at radius 3 is 2.72 bits per heavy atom. The van der Waals surface area contributed by atoms with Gasteiger partial charge in [-0.1, -0.05) is 18.0 Å². The molecule has 1 saturated carbocycles. The number of benzene rings is 1. The van der Waals surface area contributed by atoms with E-state index in [4.69, 9.17) is 21.1 Å². The van der Waals surface area contributed by atoms with Gasteiger partial charge in [-0.05, 0) is 31.0 Å². The smallest absolute Gasteiger partial charge is 0.313 e. The highest BCUT2D eigenvalue weighted by Gasteiger charge is 2.42. The van der Waals surface area contributed by atoms with E-state index in [0.29, 0.717) is 6.61 Å². The zero-order valence-corrected chi connectivity index (χ0v) is 14.4. The largest absolute Gasteiger partial charge is 0.347 e. The van der Waals surface area contributed by atoms with Gasteiger partial charge in [-0.15, -0.1) is 0 Å². The first-order valence-electron chi connectivity index (χ1n) is 8.33. The lowest BCUT2D eigenvalue weighted by Crippen LogP contribution is -2.41. The highest BCUT2D eigenvalue weighted by Crippen LogP contribution is 2.37. The summed E-state index contributed by atoms with van der Waals surface area (Å²) >= 11 is 5.64. The Bertz CT molecular complexity index is 664. The Hall–Kier alpha value is -1.70.